The maximum Gasteiger partial charge on any atom is 0.239 e. The minimum Gasteiger partial charge on any atom is -0.339 e. The number of rotatable bonds is 9. The van der Waals surface area contributed by atoms with Crippen LogP contribution in [0.25, 0.3) is 0 Å². The Bertz CT molecular complexity index is 650. The molecule has 168 valence electrons. The van der Waals surface area contributed by atoms with Crippen LogP contribution in [-0.2, 0) is 11.2 Å². The molecule has 0 aromatic heterocycles. The number of amides is 1. The Labute approximate surface area is 187 Å². The smallest absolute Gasteiger partial charge is 0.239 e. The Hall–Kier alpha value is -1.14. The van der Waals surface area contributed by atoms with E-state index in [2.05, 4.69) is 23.6 Å². The van der Waals surface area contributed by atoms with Gasteiger partial charge in [-0.3, -0.25) is 9.69 Å². The van der Waals surface area contributed by atoms with Crippen LogP contribution in [0.3, 0.4) is 0 Å². The topological polar surface area (TPSA) is 52.8 Å². The minimum absolute atomic E-state index is 0.0748. The van der Waals surface area contributed by atoms with Crippen molar-refractivity contribution in [2.24, 2.45) is 11.7 Å². The summed E-state index contributed by atoms with van der Waals surface area (Å²) in [6, 6.07) is 7.74. The fourth-order valence-electron chi connectivity index (χ4n) is 5.12. The molecule has 1 aromatic carbocycles. The molecule has 2 aliphatic rings. The Kier molecular flexibility index (Phi) is 8.99. The summed E-state index contributed by atoms with van der Waals surface area (Å²) in [6.45, 7) is 11.4. The van der Waals surface area contributed by atoms with E-state index < -0.39 is 6.04 Å². The van der Waals surface area contributed by atoms with Gasteiger partial charge in [-0.05, 0) is 56.0 Å². The number of benzene rings is 1. The lowest BCUT2D eigenvalue weighted by atomic mass is 9.95. The van der Waals surface area contributed by atoms with Gasteiger partial charge >= 0.3 is 0 Å². The molecular weight excluding hydrogens is 396 g/mol. The van der Waals surface area contributed by atoms with Crippen LogP contribution >= 0.6 is 11.6 Å². The van der Waals surface area contributed by atoms with Gasteiger partial charge < -0.3 is 15.5 Å². The highest BCUT2D eigenvalue weighted by atomic mass is 35.5. The molecule has 0 spiro atoms. The molecule has 2 N–H and O–H groups in total. The van der Waals surface area contributed by atoms with Crippen molar-refractivity contribution >= 4 is 17.5 Å². The van der Waals surface area contributed by atoms with Crippen LogP contribution in [0.5, 0.6) is 0 Å². The third kappa shape index (κ3) is 6.19. The molecule has 30 heavy (non-hydrogen) atoms. The third-order valence-corrected chi connectivity index (χ3v) is 7.32. The van der Waals surface area contributed by atoms with Crippen molar-refractivity contribution in [1.29, 1.82) is 0 Å². The Balaban J connectivity index is 1.54. The van der Waals surface area contributed by atoms with Crippen molar-refractivity contribution in [2.45, 2.75) is 58.0 Å². The fourth-order valence-corrected chi connectivity index (χ4v) is 5.25. The number of nitrogens with two attached hydrogens (primary N) is 1. The van der Waals surface area contributed by atoms with Crippen LogP contribution in [0.15, 0.2) is 24.3 Å². The molecule has 3 rings (SSSR count). The van der Waals surface area contributed by atoms with Gasteiger partial charge in [-0.15, -0.1) is 0 Å². The lowest BCUT2D eigenvalue weighted by molar-refractivity contribution is -0.134. The average molecular weight is 435 g/mol. The number of hydrogen-bond donors (Lipinski definition) is 1. The molecule has 1 saturated carbocycles. The van der Waals surface area contributed by atoms with Crippen molar-refractivity contribution in [3.05, 3.63) is 34.9 Å². The Morgan fingerprint density at radius 2 is 1.70 bits per heavy atom. The van der Waals surface area contributed by atoms with Gasteiger partial charge in [0, 0.05) is 43.8 Å². The molecule has 1 aliphatic carbocycles. The van der Waals surface area contributed by atoms with Crippen molar-refractivity contribution in [3.8, 4) is 0 Å². The maximum absolute atomic E-state index is 12.9. The summed E-state index contributed by atoms with van der Waals surface area (Å²) in [6.07, 6.45) is 6.02. The van der Waals surface area contributed by atoms with Crippen molar-refractivity contribution in [2.75, 3.05) is 45.8 Å². The standard InChI is InChI=1S/C24H39ClN4O/c1-3-27(4-2)18-23(20-7-5-6-8-20)28-13-15-29(16-14-28)24(30)22(26)17-19-9-11-21(25)12-10-19/h9-12,20,22-23H,3-8,13-18,26H2,1-2H3. The van der Waals surface area contributed by atoms with E-state index in [4.69, 9.17) is 17.3 Å². The van der Waals surface area contributed by atoms with Gasteiger partial charge in [0.2, 0.25) is 5.91 Å². The predicted octanol–water partition coefficient (Wildman–Crippen LogP) is 3.25. The van der Waals surface area contributed by atoms with Crippen LogP contribution in [0.4, 0.5) is 0 Å². The quantitative estimate of drug-likeness (QED) is 0.648. The molecule has 6 heteroatoms. The number of likely N-dealkylation sites (N-methyl/N-ethyl adjacent to an activating group) is 1. The molecule has 2 atom stereocenters. The fraction of sp³-hybridized carbons (Fsp3) is 0.708. The molecule has 1 aromatic rings. The maximum atomic E-state index is 12.9. The van der Waals surface area contributed by atoms with Gasteiger partial charge in [0.1, 0.15) is 0 Å². The summed E-state index contributed by atoms with van der Waals surface area (Å²) in [7, 11) is 0. The van der Waals surface area contributed by atoms with E-state index in [-0.39, 0.29) is 5.91 Å². The molecule has 1 amide bonds. The first-order chi connectivity index (χ1) is 14.5. The summed E-state index contributed by atoms with van der Waals surface area (Å²) in [5.41, 5.74) is 7.32. The average Bonchev–Trinajstić information content (AvgIpc) is 3.30. The summed E-state index contributed by atoms with van der Waals surface area (Å²) in [5, 5.41) is 0.705. The Morgan fingerprint density at radius 1 is 1.10 bits per heavy atom. The number of carbonyl (C=O) groups excluding carboxylic acids is 1. The van der Waals surface area contributed by atoms with Crippen LogP contribution in [0, 0.1) is 5.92 Å². The summed E-state index contributed by atoms with van der Waals surface area (Å²) < 4.78 is 0. The molecule has 1 aliphatic heterocycles. The molecule has 2 fully saturated rings. The van der Waals surface area contributed by atoms with E-state index in [0.29, 0.717) is 17.5 Å². The van der Waals surface area contributed by atoms with Crippen LogP contribution in [-0.4, -0.2) is 78.5 Å². The molecule has 2 unspecified atom stereocenters. The number of nitrogens with zero attached hydrogens (tertiary/aromatic N) is 3. The first kappa shape index (κ1) is 23.5. The van der Waals surface area contributed by atoms with Gasteiger partial charge in [-0.1, -0.05) is 50.4 Å². The van der Waals surface area contributed by atoms with Crippen molar-refractivity contribution < 1.29 is 4.79 Å². The largest absolute Gasteiger partial charge is 0.339 e. The van der Waals surface area contributed by atoms with E-state index >= 15 is 0 Å². The second-order valence-electron chi connectivity index (χ2n) is 8.90. The highest BCUT2D eigenvalue weighted by Crippen LogP contribution is 2.31. The normalized spacial score (nSPS) is 20.6. The second kappa shape index (κ2) is 11.5. The zero-order valence-corrected chi connectivity index (χ0v) is 19.5. The van der Waals surface area contributed by atoms with Gasteiger partial charge in [-0.25, -0.2) is 0 Å². The number of piperazine rings is 1. The predicted molar refractivity (Wildman–Crippen MR) is 125 cm³/mol. The molecule has 0 radical (unpaired) electrons. The first-order valence-electron chi connectivity index (χ1n) is 11.8. The number of hydrogen-bond acceptors (Lipinski definition) is 4. The van der Waals surface area contributed by atoms with E-state index in [1.165, 1.54) is 25.7 Å². The van der Waals surface area contributed by atoms with Crippen molar-refractivity contribution in [1.82, 2.24) is 14.7 Å². The highest BCUT2D eigenvalue weighted by molar-refractivity contribution is 6.30. The molecule has 1 heterocycles. The van der Waals surface area contributed by atoms with Crippen LogP contribution < -0.4 is 5.73 Å². The van der Waals surface area contributed by atoms with Gasteiger partial charge in [0.05, 0.1) is 6.04 Å². The number of halogens is 1. The molecule has 5 nitrogen and oxygen atoms in total. The van der Waals surface area contributed by atoms with E-state index in [1.807, 2.05) is 29.2 Å². The Morgan fingerprint density at radius 3 is 2.27 bits per heavy atom. The summed E-state index contributed by atoms with van der Waals surface area (Å²) >= 11 is 5.95. The van der Waals surface area contributed by atoms with Crippen LogP contribution in [0.2, 0.25) is 5.02 Å². The molecule has 1 saturated heterocycles. The van der Waals surface area contributed by atoms with Crippen LogP contribution in [0.1, 0.15) is 45.1 Å². The summed E-state index contributed by atoms with van der Waals surface area (Å²) in [4.78, 5) is 20.1. The first-order valence-corrected chi connectivity index (χ1v) is 12.1. The minimum atomic E-state index is -0.487. The van der Waals surface area contributed by atoms with Crippen molar-refractivity contribution in [3.63, 3.8) is 0 Å². The van der Waals surface area contributed by atoms with Gasteiger partial charge in [0.15, 0.2) is 0 Å². The van der Waals surface area contributed by atoms with E-state index in [9.17, 15) is 4.79 Å². The van der Waals surface area contributed by atoms with E-state index in [1.54, 1.807) is 0 Å². The number of carbonyl (C=O) groups is 1. The lowest BCUT2D eigenvalue weighted by Gasteiger charge is -2.43. The third-order valence-electron chi connectivity index (χ3n) is 7.06. The van der Waals surface area contributed by atoms with Gasteiger partial charge in [0.25, 0.3) is 0 Å². The second-order valence-corrected chi connectivity index (χ2v) is 9.33. The molecular formula is C24H39ClN4O. The lowest BCUT2D eigenvalue weighted by Crippen LogP contribution is -2.58. The zero-order valence-electron chi connectivity index (χ0n) is 18.7. The summed E-state index contributed by atoms with van der Waals surface area (Å²) in [5.74, 6) is 0.880. The highest BCUT2D eigenvalue weighted by Gasteiger charge is 2.34. The van der Waals surface area contributed by atoms with Gasteiger partial charge in [-0.2, -0.15) is 0 Å². The van der Waals surface area contributed by atoms with E-state index in [0.717, 1.165) is 57.3 Å². The SMILES string of the molecule is CCN(CC)CC(C1CCCC1)N1CCN(C(=O)C(N)Cc2ccc(Cl)cc2)CC1. The molecule has 0 bridgehead atoms. The monoisotopic (exact) mass is 434 g/mol. The zero-order chi connectivity index (χ0) is 21.5.